The van der Waals surface area contributed by atoms with Gasteiger partial charge in [0.2, 0.25) is 0 Å². The van der Waals surface area contributed by atoms with Gasteiger partial charge < -0.3 is 5.32 Å². The largest absolute Gasteiger partial charge is 0.302 e. The molecule has 0 bridgehead atoms. The van der Waals surface area contributed by atoms with Crippen LogP contribution < -0.4 is 5.32 Å². The number of aromatic nitrogens is 3. The molecule has 0 saturated heterocycles. The second kappa shape index (κ2) is 5.07. The van der Waals surface area contributed by atoms with Crippen LogP contribution in [0.3, 0.4) is 0 Å². The Hall–Kier alpha value is -1.06. The molecule has 1 heterocycles. The fourth-order valence-corrected chi connectivity index (χ4v) is 3.51. The van der Waals surface area contributed by atoms with Crippen LogP contribution in [0.25, 0.3) is 0 Å². The highest BCUT2D eigenvalue weighted by Gasteiger charge is 2.35. The van der Waals surface area contributed by atoms with E-state index in [0.717, 1.165) is 30.8 Å². The van der Waals surface area contributed by atoms with Crippen LogP contribution in [0.4, 0.5) is 0 Å². The highest BCUT2D eigenvalue weighted by atomic mass is 32.2. The summed E-state index contributed by atoms with van der Waals surface area (Å²) < 4.78 is 1.78. The van der Waals surface area contributed by atoms with Crippen molar-refractivity contribution in [2.75, 3.05) is 7.05 Å². The molecular weight excluding hydrogens is 234 g/mol. The van der Waals surface area contributed by atoms with Gasteiger partial charge in [0.25, 0.3) is 0 Å². The Labute approximate surface area is 106 Å². The minimum Gasteiger partial charge on any atom is -0.302 e. The molecule has 92 valence electrons. The van der Waals surface area contributed by atoms with Crippen molar-refractivity contribution < 1.29 is 0 Å². The van der Waals surface area contributed by atoms with Crippen LogP contribution in [0.1, 0.15) is 25.7 Å². The van der Waals surface area contributed by atoms with Crippen molar-refractivity contribution in [1.82, 2.24) is 20.1 Å². The summed E-state index contributed by atoms with van der Waals surface area (Å²) in [5.41, 5.74) is -0.353. The van der Waals surface area contributed by atoms with Gasteiger partial charge in [-0.25, -0.2) is 9.67 Å². The number of hydrogen-bond donors (Lipinski definition) is 1. The lowest BCUT2D eigenvalue weighted by Gasteiger charge is -2.34. The van der Waals surface area contributed by atoms with Crippen molar-refractivity contribution >= 4 is 11.8 Å². The molecule has 1 N–H and O–H groups in total. The lowest BCUT2D eigenvalue weighted by atomic mass is 9.83. The first-order valence-electron chi connectivity index (χ1n) is 5.80. The molecule has 0 radical (unpaired) electrons. The van der Waals surface area contributed by atoms with E-state index in [1.165, 1.54) is 0 Å². The summed E-state index contributed by atoms with van der Waals surface area (Å²) in [6.07, 6.45) is 5.61. The summed E-state index contributed by atoms with van der Waals surface area (Å²) in [7, 11) is 3.77. The van der Waals surface area contributed by atoms with Gasteiger partial charge >= 0.3 is 0 Å². The molecule has 2 unspecified atom stereocenters. The lowest BCUT2D eigenvalue weighted by Crippen LogP contribution is -2.46. The molecule has 17 heavy (non-hydrogen) atoms. The van der Waals surface area contributed by atoms with Gasteiger partial charge in [-0.15, -0.1) is 0 Å². The Balaban J connectivity index is 2.04. The fraction of sp³-hybridized carbons (Fsp3) is 0.727. The third-order valence-corrected chi connectivity index (χ3v) is 4.66. The van der Waals surface area contributed by atoms with Crippen LogP contribution in [0.15, 0.2) is 11.5 Å². The summed E-state index contributed by atoms with van der Waals surface area (Å²) in [5.74, 6) is 0. The number of nitrogens with zero attached hydrogens (tertiary/aromatic N) is 4. The summed E-state index contributed by atoms with van der Waals surface area (Å²) in [6, 6.07) is 2.42. The maximum absolute atomic E-state index is 9.29. The molecule has 1 saturated carbocycles. The summed E-state index contributed by atoms with van der Waals surface area (Å²) >= 11 is 1.73. The molecule has 2 atom stereocenters. The molecule has 0 aliphatic heterocycles. The van der Waals surface area contributed by atoms with E-state index >= 15 is 0 Å². The Morgan fingerprint density at radius 3 is 3.12 bits per heavy atom. The van der Waals surface area contributed by atoms with Crippen LogP contribution in [0, 0.1) is 11.3 Å². The van der Waals surface area contributed by atoms with Gasteiger partial charge in [-0.3, -0.25) is 0 Å². The van der Waals surface area contributed by atoms with Crippen molar-refractivity contribution in [1.29, 1.82) is 5.26 Å². The Bertz CT molecular complexity index is 424. The molecule has 5 nitrogen and oxygen atoms in total. The SMILES string of the molecule is CNC1(C#N)CCCC(Sc2ncnn2C)C1. The predicted octanol–water partition coefficient (Wildman–Crippen LogP) is 1.33. The van der Waals surface area contributed by atoms with Crippen molar-refractivity contribution in [3.05, 3.63) is 6.33 Å². The van der Waals surface area contributed by atoms with Crippen LogP contribution in [-0.4, -0.2) is 32.6 Å². The van der Waals surface area contributed by atoms with Gasteiger partial charge in [-0.05, 0) is 32.7 Å². The second-order valence-corrected chi connectivity index (χ2v) is 5.71. The van der Waals surface area contributed by atoms with Gasteiger partial charge in [0.1, 0.15) is 11.9 Å². The first kappa shape index (κ1) is 12.4. The molecule has 1 aliphatic rings. The molecule has 1 aromatic rings. The van der Waals surface area contributed by atoms with E-state index in [4.69, 9.17) is 0 Å². The highest BCUT2D eigenvalue weighted by Crippen LogP contribution is 2.36. The Kier molecular flexibility index (Phi) is 3.69. The van der Waals surface area contributed by atoms with Crippen molar-refractivity contribution in [2.24, 2.45) is 7.05 Å². The lowest BCUT2D eigenvalue weighted by molar-refractivity contribution is 0.323. The fourth-order valence-electron chi connectivity index (χ4n) is 2.25. The second-order valence-electron chi connectivity index (χ2n) is 4.45. The van der Waals surface area contributed by atoms with Gasteiger partial charge in [0.15, 0.2) is 5.16 Å². The quantitative estimate of drug-likeness (QED) is 0.878. The minimum absolute atomic E-state index is 0.353. The monoisotopic (exact) mass is 251 g/mol. The van der Waals surface area contributed by atoms with Crippen LogP contribution in [-0.2, 0) is 7.05 Å². The first-order valence-corrected chi connectivity index (χ1v) is 6.68. The molecule has 0 spiro atoms. The number of nitriles is 1. The molecule has 0 amide bonds. The van der Waals surface area contributed by atoms with Crippen LogP contribution >= 0.6 is 11.8 Å². The van der Waals surface area contributed by atoms with Crippen molar-refractivity contribution in [3.8, 4) is 6.07 Å². The molecule has 6 heteroatoms. The highest BCUT2D eigenvalue weighted by molar-refractivity contribution is 7.99. The molecule has 1 aromatic heterocycles. The van der Waals surface area contributed by atoms with Crippen LogP contribution in [0.5, 0.6) is 0 Å². The maximum atomic E-state index is 9.29. The summed E-state index contributed by atoms with van der Waals surface area (Å²) in [6.45, 7) is 0. The van der Waals surface area contributed by atoms with Gasteiger partial charge in [-0.1, -0.05) is 11.8 Å². The normalized spacial score (nSPS) is 28.9. The average Bonchev–Trinajstić information content (AvgIpc) is 2.75. The van der Waals surface area contributed by atoms with E-state index in [1.54, 1.807) is 22.8 Å². The van der Waals surface area contributed by atoms with Gasteiger partial charge in [0.05, 0.1) is 6.07 Å². The number of nitrogens with one attached hydrogen (secondary N) is 1. The third-order valence-electron chi connectivity index (χ3n) is 3.34. The summed E-state index contributed by atoms with van der Waals surface area (Å²) in [4.78, 5) is 4.22. The molecule has 0 aromatic carbocycles. The average molecular weight is 251 g/mol. The first-order chi connectivity index (χ1) is 8.19. The van der Waals surface area contributed by atoms with E-state index in [1.807, 2.05) is 14.1 Å². The zero-order chi connectivity index (χ0) is 12.3. The summed E-state index contributed by atoms with van der Waals surface area (Å²) in [5, 5.41) is 17.9. The molecule has 1 aliphatic carbocycles. The minimum atomic E-state index is -0.353. The number of hydrogen-bond acceptors (Lipinski definition) is 5. The van der Waals surface area contributed by atoms with Crippen molar-refractivity contribution in [3.63, 3.8) is 0 Å². The predicted molar refractivity (Wildman–Crippen MR) is 66.5 cm³/mol. The maximum Gasteiger partial charge on any atom is 0.186 e. The number of thioether (sulfide) groups is 1. The van der Waals surface area contributed by atoms with E-state index in [9.17, 15) is 5.26 Å². The van der Waals surface area contributed by atoms with Crippen molar-refractivity contribution in [2.45, 2.75) is 41.6 Å². The smallest absolute Gasteiger partial charge is 0.186 e. The Morgan fingerprint density at radius 1 is 1.71 bits per heavy atom. The standard InChI is InChI=1S/C11H17N5S/c1-13-11(7-12)5-3-4-9(6-11)17-10-14-8-15-16(10)2/h8-9,13H,3-6H2,1-2H3. The van der Waals surface area contributed by atoms with Gasteiger partial charge in [-0.2, -0.15) is 10.4 Å². The van der Waals surface area contributed by atoms with Gasteiger partial charge in [0, 0.05) is 12.3 Å². The van der Waals surface area contributed by atoms with E-state index in [2.05, 4.69) is 21.5 Å². The molecule has 2 rings (SSSR count). The van der Waals surface area contributed by atoms with E-state index in [-0.39, 0.29) is 5.54 Å². The molecular formula is C11H17N5S. The van der Waals surface area contributed by atoms with Crippen LogP contribution in [0.2, 0.25) is 0 Å². The molecule has 1 fully saturated rings. The van der Waals surface area contributed by atoms with E-state index in [0.29, 0.717) is 5.25 Å². The number of aryl methyl sites for hydroxylation is 1. The Morgan fingerprint density at radius 2 is 2.53 bits per heavy atom. The number of rotatable bonds is 3. The zero-order valence-electron chi connectivity index (χ0n) is 10.2. The third kappa shape index (κ3) is 2.61. The zero-order valence-corrected chi connectivity index (χ0v) is 11.0. The van der Waals surface area contributed by atoms with E-state index < -0.39 is 0 Å². The topological polar surface area (TPSA) is 66.5 Å².